The number of nitrogens with zero attached hydrogens (tertiary/aromatic N) is 2. The molecule has 0 atom stereocenters. The van der Waals surface area contributed by atoms with Crippen molar-refractivity contribution < 1.29 is 4.79 Å². The number of H-pyrrole nitrogens is 1. The Balaban J connectivity index is 1.65. The summed E-state index contributed by atoms with van der Waals surface area (Å²) in [6.45, 7) is 6.37. The highest BCUT2D eigenvalue weighted by Crippen LogP contribution is 2.22. The second-order valence-electron chi connectivity index (χ2n) is 6.06. The van der Waals surface area contributed by atoms with Crippen LogP contribution in [0.4, 0.5) is 11.4 Å². The normalized spacial score (nSPS) is 14.6. The van der Waals surface area contributed by atoms with Gasteiger partial charge in [-0.2, -0.15) is 5.10 Å². The van der Waals surface area contributed by atoms with E-state index in [0.717, 1.165) is 24.5 Å². The third-order valence-corrected chi connectivity index (χ3v) is 4.05. The van der Waals surface area contributed by atoms with Gasteiger partial charge in [0.25, 0.3) is 5.91 Å². The van der Waals surface area contributed by atoms with E-state index in [2.05, 4.69) is 46.4 Å². The summed E-state index contributed by atoms with van der Waals surface area (Å²) in [5.74, 6) is 0.144. The molecule has 1 aromatic heterocycles. The van der Waals surface area contributed by atoms with E-state index in [1.165, 1.54) is 18.5 Å². The molecule has 2 aromatic rings. The van der Waals surface area contributed by atoms with Gasteiger partial charge < -0.3 is 10.2 Å². The minimum Gasteiger partial charge on any atom is -0.372 e. The monoisotopic (exact) mass is 298 g/mol. The summed E-state index contributed by atoms with van der Waals surface area (Å²) in [4.78, 5) is 14.6. The van der Waals surface area contributed by atoms with Gasteiger partial charge in [-0.1, -0.05) is 13.8 Å². The fourth-order valence-electron chi connectivity index (χ4n) is 2.67. The van der Waals surface area contributed by atoms with Gasteiger partial charge in [0.2, 0.25) is 0 Å². The molecular formula is C17H22N4O. The van der Waals surface area contributed by atoms with E-state index < -0.39 is 0 Å². The Hall–Kier alpha value is -2.30. The van der Waals surface area contributed by atoms with Crippen LogP contribution in [0.15, 0.2) is 30.3 Å². The number of hydrogen-bond acceptors (Lipinski definition) is 3. The Bertz CT molecular complexity index is 639. The van der Waals surface area contributed by atoms with Gasteiger partial charge in [-0.05, 0) is 49.1 Å². The van der Waals surface area contributed by atoms with Crippen LogP contribution in [0.5, 0.6) is 0 Å². The third kappa shape index (κ3) is 3.13. The Kier molecular flexibility index (Phi) is 4.13. The van der Waals surface area contributed by atoms with Crippen molar-refractivity contribution in [3.8, 4) is 0 Å². The molecule has 1 aromatic carbocycles. The first-order valence-electron chi connectivity index (χ1n) is 7.85. The van der Waals surface area contributed by atoms with Crippen molar-refractivity contribution in [3.63, 3.8) is 0 Å². The van der Waals surface area contributed by atoms with Crippen LogP contribution in [0.25, 0.3) is 0 Å². The number of nitrogens with one attached hydrogen (secondary N) is 2. The Morgan fingerprint density at radius 2 is 1.91 bits per heavy atom. The summed E-state index contributed by atoms with van der Waals surface area (Å²) in [7, 11) is 0. The first kappa shape index (κ1) is 14.6. The van der Waals surface area contributed by atoms with Gasteiger partial charge in [-0.3, -0.25) is 9.89 Å². The summed E-state index contributed by atoms with van der Waals surface area (Å²) < 4.78 is 0. The van der Waals surface area contributed by atoms with E-state index >= 15 is 0 Å². The van der Waals surface area contributed by atoms with Crippen LogP contribution in [-0.2, 0) is 0 Å². The topological polar surface area (TPSA) is 61.0 Å². The first-order valence-corrected chi connectivity index (χ1v) is 7.85. The molecule has 116 valence electrons. The van der Waals surface area contributed by atoms with Crippen molar-refractivity contribution in [2.45, 2.75) is 32.6 Å². The maximum absolute atomic E-state index is 12.2. The number of amides is 1. The van der Waals surface area contributed by atoms with Crippen LogP contribution in [0.3, 0.4) is 0 Å². The number of aromatic amines is 1. The fourth-order valence-corrected chi connectivity index (χ4v) is 2.67. The fraction of sp³-hybridized carbons (Fsp3) is 0.412. The number of hydrogen-bond donors (Lipinski definition) is 2. The number of carbonyl (C=O) groups is 1. The summed E-state index contributed by atoms with van der Waals surface area (Å²) >= 11 is 0. The van der Waals surface area contributed by atoms with E-state index in [1.54, 1.807) is 6.07 Å². The summed E-state index contributed by atoms with van der Waals surface area (Å²) in [6.07, 6.45) is 2.52. The van der Waals surface area contributed by atoms with Gasteiger partial charge in [0, 0.05) is 30.2 Å². The zero-order chi connectivity index (χ0) is 15.5. The highest BCUT2D eigenvalue weighted by atomic mass is 16.1. The van der Waals surface area contributed by atoms with E-state index in [9.17, 15) is 4.79 Å². The predicted octanol–water partition coefficient (Wildman–Crippen LogP) is 3.39. The van der Waals surface area contributed by atoms with Crippen molar-refractivity contribution in [2.75, 3.05) is 23.3 Å². The van der Waals surface area contributed by atoms with E-state index in [4.69, 9.17) is 0 Å². The third-order valence-electron chi connectivity index (χ3n) is 4.05. The van der Waals surface area contributed by atoms with Crippen LogP contribution in [0.2, 0.25) is 0 Å². The average molecular weight is 298 g/mol. The first-order chi connectivity index (χ1) is 10.6. The molecule has 5 nitrogen and oxygen atoms in total. The van der Waals surface area contributed by atoms with E-state index in [-0.39, 0.29) is 5.91 Å². The van der Waals surface area contributed by atoms with Crippen molar-refractivity contribution in [3.05, 3.63) is 41.7 Å². The highest BCUT2D eigenvalue weighted by molar-refractivity contribution is 6.03. The molecule has 2 heterocycles. The molecule has 0 saturated carbocycles. The maximum Gasteiger partial charge on any atom is 0.276 e. The molecule has 5 heteroatoms. The number of anilines is 2. The molecule has 1 saturated heterocycles. The van der Waals surface area contributed by atoms with Crippen LogP contribution in [0.1, 0.15) is 48.8 Å². The molecule has 1 fully saturated rings. The SMILES string of the molecule is CC(C)c1cc(C(=O)Nc2ccc(N3CCCC3)cc2)n[nH]1. The Morgan fingerprint density at radius 3 is 2.50 bits per heavy atom. The van der Waals surface area contributed by atoms with Crippen molar-refractivity contribution in [2.24, 2.45) is 0 Å². The van der Waals surface area contributed by atoms with Crippen molar-refractivity contribution >= 4 is 17.3 Å². The Morgan fingerprint density at radius 1 is 1.23 bits per heavy atom. The lowest BCUT2D eigenvalue weighted by Gasteiger charge is -2.17. The summed E-state index contributed by atoms with van der Waals surface area (Å²) in [6, 6.07) is 9.82. The van der Waals surface area contributed by atoms with Gasteiger partial charge in [0.15, 0.2) is 5.69 Å². The summed E-state index contributed by atoms with van der Waals surface area (Å²) in [5.41, 5.74) is 3.40. The van der Waals surface area contributed by atoms with Gasteiger partial charge in [0.05, 0.1) is 0 Å². The van der Waals surface area contributed by atoms with Crippen molar-refractivity contribution in [1.29, 1.82) is 0 Å². The number of aromatic nitrogens is 2. The molecule has 2 N–H and O–H groups in total. The number of benzene rings is 1. The smallest absolute Gasteiger partial charge is 0.276 e. The molecule has 1 aliphatic rings. The second kappa shape index (κ2) is 6.22. The lowest BCUT2D eigenvalue weighted by atomic mass is 10.1. The molecule has 0 spiro atoms. The lowest BCUT2D eigenvalue weighted by Crippen LogP contribution is -2.17. The molecule has 0 aliphatic carbocycles. The highest BCUT2D eigenvalue weighted by Gasteiger charge is 2.14. The minimum absolute atomic E-state index is 0.183. The van der Waals surface area contributed by atoms with Gasteiger partial charge in [-0.15, -0.1) is 0 Å². The van der Waals surface area contributed by atoms with Crippen LogP contribution in [0, 0.1) is 0 Å². The molecule has 1 amide bonds. The van der Waals surface area contributed by atoms with Gasteiger partial charge in [-0.25, -0.2) is 0 Å². The largest absolute Gasteiger partial charge is 0.372 e. The maximum atomic E-state index is 12.2. The zero-order valence-electron chi connectivity index (χ0n) is 13.1. The quantitative estimate of drug-likeness (QED) is 0.909. The second-order valence-corrected chi connectivity index (χ2v) is 6.06. The minimum atomic E-state index is -0.183. The molecule has 22 heavy (non-hydrogen) atoms. The molecule has 0 bridgehead atoms. The number of carbonyl (C=O) groups excluding carboxylic acids is 1. The summed E-state index contributed by atoms with van der Waals surface area (Å²) in [5, 5.41) is 9.86. The molecule has 0 radical (unpaired) electrons. The van der Waals surface area contributed by atoms with Gasteiger partial charge in [0.1, 0.15) is 0 Å². The van der Waals surface area contributed by atoms with E-state index in [1.807, 2.05) is 12.1 Å². The van der Waals surface area contributed by atoms with Crippen LogP contribution in [-0.4, -0.2) is 29.2 Å². The van der Waals surface area contributed by atoms with Crippen molar-refractivity contribution in [1.82, 2.24) is 10.2 Å². The standard InChI is InChI=1S/C17H22N4O/c1-12(2)15-11-16(20-19-15)17(22)18-13-5-7-14(8-6-13)21-9-3-4-10-21/h5-8,11-12H,3-4,9-10H2,1-2H3,(H,18,22)(H,19,20). The van der Waals surface area contributed by atoms with Crippen LogP contribution < -0.4 is 10.2 Å². The molecular weight excluding hydrogens is 276 g/mol. The number of rotatable bonds is 4. The molecule has 1 aliphatic heterocycles. The van der Waals surface area contributed by atoms with Gasteiger partial charge >= 0.3 is 0 Å². The zero-order valence-corrected chi connectivity index (χ0v) is 13.1. The Labute approximate surface area is 130 Å². The van der Waals surface area contributed by atoms with Crippen LogP contribution >= 0.6 is 0 Å². The average Bonchev–Trinajstić information content (AvgIpc) is 3.20. The molecule has 0 unspecified atom stereocenters. The van der Waals surface area contributed by atoms with E-state index in [0.29, 0.717) is 11.6 Å². The predicted molar refractivity (Wildman–Crippen MR) is 88.5 cm³/mol. The lowest BCUT2D eigenvalue weighted by molar-refractivity contribution is 0.102. The molecule has 3 rings (SSSR count).